The predicted molar refractivity (Wildman–Crippen MR) is 174 cm³/mol. The average molecular weight is 584 g/mol. The van der Waals surface area contributed by atoms with Gasteiger partial charge in [-0.3, -0.25) is 0 Å². The van der Waals surface area contributed by atoms with Crippen LogP contribution in [0.1, 0.15) is 18.9 Å². The van der Waals surface area contributed by atoms with Crippen LogP contribution in [0.15, 0.2) is 162 Å². The zero-order valence-corrected chi connectivity index (χ0v) is 24.1. The van der Waals surface area contributed by atoms with E-state index >= 15 is 0 Å². The van der Waals surface area contributed by atoms with Crippen molar-refractivity contribution in [3.05, 3.63) is 168 Å². The van der Waals surface area contributed by atoms with Gasteiger partial charge in [0, 0.05) is 32.9 Å². The first-order valence-corrected chi connectivity index (χ1v) is 14.4. The number of benzene rings is 5. The summed E-state index contributed by atoms with van der Waals surface area (Å²) >= 11 is 3.59. The topological polar surface area (TPSA) is 6.48 Å². The van der Waals surface area contributed by atoms with Crippen LogP contribution in [0.3, 0.4) is 0 Å². The minimum absolute atomic E-state index is 0.198. The lowest BCUT2D eigenvalue weighted by atomic mass is 9.85. The molecule has 1 aliphatic carbocycles. The van der Waals surface area contributed by atoms with Gasteiger partial charge in [0.1, 0.15) is 0 Å². The highest BCUT2D eigenvalue weighted by Crippen LogP contribution is 2.41. The van der Waals surface area contributed by atoms with E-state index in [9.17, 15) is 0 Å². The fourth-order valence-electron chi connectivity index (χ4n) is 5.41. The number of para-hydroxylation sites is 3. The number of rotatable bonds is 7. The van der Waals surface area contributed by atoms with E-state index < -0.39 is 0 Å². The van der Waals surface area contributed by atoms with Crippen LogP contribution in [-0.4, -0.2) is 5.54 Å². The first-order chi connectivity index (χ1) is 19.6. The van der Waals surface area contributed by atoms with Crippen LogP contribution < -0.4 is 9.80 Å². The van der Waals surface area contributed by atoms with Gasteiger partial charge in [-0.05, 0) is 97.3 Å². The van der Waals surface area contributed by atoms with Crippen molar-refractivity contribution in [1.29, 1.82) is 0 Å². The monoisotopic (exact) mass is 582 g/mol. The van der Waals surface area contributed by atoms with Gasteiger partial charge in [0.05, 0.1) is 5.54 Å². The van der Waals surface area contributed by atoms with E-state index in [1.54, 1.807) is 0 Å². The van der Waals surface area contributed by atoms with Gasteiger partial charge in [0.15, 0.2) is 0 Å². The van der Waals surface area contributed by atoms with E-state index in [0.29, 0.717) is 0 Å². The Hall–Kier alpha value is -4.34. The molecule has 6 rings (SSSR count). The van der Waals surface area contributed by atoms with Crippen molar-refractivity contribution in [2.45, 2.75) is 18.9 Å². The van der Waals surface area contributed by atoms with Crippen LogP contribution in [-0.2, 0) is 0 Å². The quantitative estimate of drug-likeness (QED) is 0.188. The Morgan fingerprint density at radius 3 is 1.50 bits per heavy atom. The molecule has 0 spiro atoms. The Kier molecular flexibility index (Phi) is 7.39. The van der Waals surface area contributed by atoms with Gasteiger partial charge < -0.3 is 9.80 Å². The first kappa shape index (κ1) is 25.9. The molecule has 0 bridgehead atoms. The second-order valence-electron chi connectivity index (χ2n) is 10.3. The van der Waals surface area contributed by atoms with Gasteiger partial charge in [0.2, 0.25) is 0 Å². The summed E-state index contributed by atoms with van der Waals surface area (Å²) in [5, 5.41) is 0. The fourth-order valence-corrected chi connectivity index (χ4v) is 5.68. The summed E-state index contributed by atoms with van der Waals surface area (Å²) in [5.41, 5.74) is 8.04. The van der Waals surface area contributed by atoms with Gasteiger partial charge in [-0.1, -0.05) is 101 Å². The molecule has 0 amide bonds. The molecular formula is C37H31BrN2. The zero-order valence-electron chi connectivity index (χ0n) is 22.5. The van der Waals surface area contributed by atoms with Crippen LogP contribution in [0.4, 0.5) is 28.4 Å². The maximum Gasteiger partial charge on any atom is 0.0643 e. The molecule has 1 aliphatic rings. The minimum Gasteiger partial charge on any atom is -0.332 e. The fraction of sp³-hybridized carbons (Fsp3) is 0.0811. The summed E-state index contributed by atoms with van der Waals surface area (Å²) in [4.78, 5) is 4.73. The molecule has 0 heterocycles. The molecule has 2 nitrogen and oxygen atoms in total. The highest BCUT2D eigenvalue weighted by atomic mass is 79.9. The predicted octanol–water partition coefficient (Wildman–Crippen LogP) is 10.9. The molecule has 196 valence electrons. The second-order valence-corrected chi connectivity index (χ2v) is 11.2. The lowest BCUT2D eigenvalue weighted by Gasteiger charge is -2.42. The number of hydrogen-bond donors (Lipinski definition) is 0. The molecule has 1 unspecified atom stereocenters. The van der Waals surface area contributed by atoms with Gasteiger partial charge >= 0.3 is 0 Å². The van der Waals surface area contributed by atoms with Crippen molar-refractivity contribution in [2.24, 2.45) is 0 Å². The molecule has 5 aromatic carbocycles. The SMILES string of the molecule is CC1(N(c2ccccc2)c2ccc(Br)cc2)C=CC(c2ccc(N(c3ccccc3)c3ccccc3)cc2)=CC1. The minimum atomic E-state index is -0.198. The summed E-state index contributed by atoms with van der Waals surface area (Å²) < 4.78 is 1.08. The van der Waals surface area contributed by atoms with Crippen LogP contribution in [0.2, 0.25) is 0 Å². The van der Waals surface area contributed by atoms with Gasteiger partial charge in [0.25, 0.3) is 0 Å². The number of halogens is 1. The van der Waals surface area contributed by atoms with Crippen LogP contribution in [0, 0.1) is 0 Å². The number of nitrogens with zero attached hydrogens (tertiary/aromatic N) is 2. The maximum atomic E-state index is 3.59. The number of allylic oxidation sites excluding steroid dienone is 2. The van der Waals surface area contributed by atoms with E-state index in [-0.39, 0.29) is 5.54 Å². The number of anilines is 5. The molecule has 0 radical (unpaired) electrons. The summed E-state index contributed by atoms with van der Waals surface area (Å²) in [6.45, 7) is 2.31. The van der Waals surface area contributed by atoms with E-state index in [1.807, 2.05) is 0 Å². The van der Waals surface area contributed by atoms with E-state index in [4.69, 9.17) is 0 Å². The van der Waals surface area contributed by atoms with Crippen molar-refractivity contribution in [2.75, 3.05) is 9.80 Å². The lowest BCUT2D eigenvalue weighted by Crippen LogP contribution is -2.42. The number of hydrogen-bond acceptors (Lipinski definition) is 2. The molecule has 1 atom stereocenters. The van der Waals surface area contributed by atoms with Gasteiger partial charge in [-0.25, -0.2) is 0 Å². The summed E-state index contributed by atoms with van der Waals surface area (Å²) in [7, 11) is 0. The Balaban J connectivity index is 1.28. The Bertz CT molecular complexity index is 1570. The lowest BCUT2D eigenvalue weighted by molar-refractivity contribution is 0.571. The van der Waals surface area contributed by atoms with Crippen LogP contribution >= 0.6 is 15.9 Å². The smallest absolute Gasteiger partial charge is 0.0643 e. The van der Waals surface area contributed by atoms with Crippen molar-refractivity contribution < 1.29 is 0 Å². The summed E-state index contributed by atoms with van der Waals surface area (Å²) in [5.74, 6) is 0. The second kappa shape index (κ2) is 11.4. The molecule has 0 N–H and O–H groups in total. The third-order valence-corrected chi connectivity index (χ3v) is 7.98. The van der Waals surface area contributed by atoms with Crippen molar-refractivity contribution >= 4 is 49.9 Å². The van der Waals surface area contributed by atoms with Crippen LogP contribution in [0.5, 0.6) is 0 Å². The molecular weight excluding hydrogens is 552 g/mol. The van der Waals surface area contributed by atoms with Crippen molar-refractivity contribution in [1.82, 2.24) is 0 Å². The molecule has 0 aromatic heterocycles. The largest absolute Gasteiger partial charge is 0.332 e. The normalized spacial score (nSPS) is 16.3. The maximum absolute atomic E-state index is 3.59. The third kappa shape index (κ3) is 5.38. The molecule has 0 aliphatic heterocycles. The molecule has 5 aromatic rings. The summed E-state index contributed by atoms with van der Waals surface area (Å²) in [6.07, 6.45) is 7.90. The van der Waals surface area contributed by atoms with Crippen molar-refractivity contribution in [3.8, 4) is 0 Å². The molecule has 0 saturated carbocycles. The zero-order chi connectivity index (χ0) is 27.4. The highest BCUT2D eigenvalue weighted by molar-refractivity contribution is 9.10. The molecule has 0 saturated heterocycles. The molecule has 0 fully saturated rings. The van der Waals surface area contributed by atoms with E-state index in [0.717, 1.165) is 28.0 Å². The Morgan fingerprint density at radius 1 is 0.550 bits per heavy atom. The van der Waals surface area contributed by atoms with E-state index in [2.05, 4.69) is 190 Å². The third-order valence-electron chi connectivity index (χ3n) is 7.45. The Labute approximate surface area is 245 Å². The first-order valence-electron chi connectivity index (χ1n) is 13.6. The highest BCUT2D eigenvalue weighted by Gasteiger charge is 2.32. The molecule has 40 heavy (non-hydrogen) atoms. The van der Waals surface area contributed by atoms with Gasteiger partial charge in [-0.15, -0.1) is 0 Å². The average Bonchev–Trinajstić information content (AvgIpc) is 3.01. The standard InChI is InChI=1S/C37H31BrN2/c1-37(40(35-15-9-4-10-16-35)36-23-19-31(38)20-24-36)27-25-30(26-28-37)29-17-21-34(22-18-29)39(32-11-5-2-6-12-32)33-13-7-3-8-14-33/h2-27H,28H2,1H3. The molecule has 3 heteroatoms. The van der Waals surface area contributed by atoms with Crippen LogP contribution in [0.25, 0.3) is 5.57 Å². The van der Waals surface area contributed by atoms with Crippen molar-refractivity contribution in [3.63, 3.8) is 0 Å². The van der Waals surface area contributed by atoms with E-state index in [1.165, 1.54) is 22.5 Å². The Morgan fingerprint density at radius 2 is 1.00 bits per heavy atom. The van der Waals surface area contributed by atoms with Gasteiger partial charge in [-0.2, -0.15) is 0 Å². The summed E-state index contributed by atoms with van der Waals surface area (Å²) in [6, 6.07) is 49.2.